The number of hydrogen-bond donors (Lipinski definition) is 1. The van der Waals surface area contributed by atoms with E-state index in [1.54, 1.807) is 49.5 Å². The molecule has 7 heteroatoms. The molecular weight excluding hydrogens is 359 g/mol. The molecule has 0 aliphatic carbocycles. The third-order valence-electron chi connectivity index (χ3n) is 4.36. The second kappa shape index (κ2) is 7.85. The van der Waals surface area contributed by atoms with Gasteiger partial charge in [-0.05, 0) is 23.8 Å². The lowest BCUT2D eigenvalue weighted by Crippen LogP contribution is -2.52. The summed E-state index contributed by atoms with van der Waals surface area (Å²) in [5.41, 5.74) is 1.11. The molecule has 2 atom stereocenters. The number of benzene rings is 2. The van der Waals surface area contributed by atoms with Crippen LogP contribution in [-0.2, 0) is 20.9 Å². The Hall–Kier alpha value is -2.44. The number of morpholine rings is 1. The summed E-state index contributed by atoms with van der Waals surface area (Å²) in [4.78, 5) is 26.2. The van der Waals surface area contributed by atoms with E-state index < -0.39 is 18.1 Å². The van der Waals surface area contributed by atoms with Crippen LogP contribution in [0.3, 0.4) is 0 Å². The number of likely N-dealkylation sites (N-methyl/N-ethyl adjacent to an activating group) is 1. The van der Waals surface area contributed by atoms with Crippen LogP contribution in [0.4, 0.5) is 4.39 Å². The molecule has 0 unspecified atom stereocenters. The summed E-state index contributed by atoms with van der Waals surface area (Å²) in [7, 11) is 1.63. The maximum atomic E-state index is 13.7. The number of amides is 2. The van der Waals surface area contributed by atoms with E-state index in [0.717, 1.165) is 5.56 Å². The highest BCUT2D eigenvalue weighted by Crippen LogP contribution is 2.30. The highest BCUT2D eigenvalue weighted by Gasteiger charge is 2.39. The Labute approximate surface area is 155 Å². The summed E-state index contributed by atoms with van der Waals surface area (Å²) in [6.45, 7) is -0.144. The van der Waals surface area contributed by atoms with Crippen molar-refractivity contribution in [2.75, 3.05) is 13.7 Å². The maximum absolute atomic E-state index is 13.7. The lowest BCUT2D eigenvalue weighted by molar-refractivity contribution is -0.162. The van der Waals surface area contributed by atoms with E-state index in [4.69, 9.17) is 16.3 Å². The van der Waals surface area contributed by atoms with Gasteiger partial charge in [0.2, 0.25) is 5.91 Å². The first-order valence-electron chi connectivity index (χ1n) is 8.11. The van der Waals surface area contributed by atoms with Crippen LogP contribution in [0.25, 0.3) is 0 Å². The number of rotatable bonds is 4. The smallest absolute Gasteiger partial charge is 0.251 e. The zero-order chi connectivity index (χ0) is 18.7. The Morgan fingerprint density at radius 3 is 2.65 bits per heavy atom. The average Bonchev–Trinajstić information content (AvgIpc) is 2.64. The van der Waals surface area contributed by atoms with Gasteiger partial charge in [-0.15, -0.1) is 0 Å². The number of ether oxygens (including phenoxy) is 1. The standard InChI is InChI=1S/C19H18ClFN2O3/c1-23-16(24)11-26-18(17(23)12-6-8-14(20)9-7-12)19(25)22-10-13-4-2-3-5-15(13)21/h2-9,17-18H,10-11H2,1H3,(H,22,25)/t17-,18+/m1/s1. The van der Waals surface area contributed by atoms with Crippen molar-refractivity contribution in [2.24, 2.45) is 0 Å². The largest absolute Gasteiger partial charge is 0.356 e. The number of halogens is 2. The first-order valence-corrected chi connectivity index (χ1v) is 8.49. The molecule has 136 valence electrons. The monoisotopic (exact) mass is 376 g/mol. The van der Waals surface area contributed by atoms with Gasteiger partial charge in [-0.25, -0.2) is 4.39 Å². The van der Waals surface area contributed by atoms with E-state index in [1.165, 1.54) is 11.0 Å². The normalized spacial score (nSPS) is 20.1. The number of carbonyl (C=O) groups excluding carboxylic acids is 2. The van der Waals surface area contributed by atoms with Crippen LogP contribution in [0, 0.1) is 5.82 Å². The Kier molecular flexibility index (Phi) is 5.54. The molecule has 0 aromatic heterocycles. The van der Waals surface area contributed by atoms with Crippen LogP contribution in [0.5, 0.6) is 0 Å². The van der Waals surface area contributed by atoms with Gasteiger partial charge in [-0.1, -0.05) is 41.9 Å². The molecule has 1 aliphatic rings. The molecule has 0 spiro atoms. The van der Waals surface area contributed by atoms with Crippen molar-refractivity contribution in [3.8, 4) is 0 Å². The summed E-state index contributed by atoms with van der Waals surface area (Å²) >= 11 is 5.92. The molecule has 2 aromatic carbocycles. The average molecular weight is 377 g/mol. The van der Waals surface area contributed by atoms with Gasteiger partial charge in [0.05, 0.1) is 6.04 Å². The van der Waals surface area contributed by atoms with Crippen LogP contribution in [0.1, 0.15) is 17.2 Å². The Morgan fingerprint density at radius 1 is 1.27 bits per heavy atom. The van der Waals surface area contributed by atoms with Crippen molar-refractivity contribution >= 4 is 23.4 Å². The second-order valence-corrected chi connectivity index (χ2v) is 6.48. The van der Waals surface area contributed by atoms with Crippen molar-refractivity contribution in [3.05, 3.63) is 70.5 Å². The van der Waals surface area contributed by atoms with Gasteiger partial charge in [0.1, 0.15) is 12.4 Å². The molecule has 0 saturated carbocycles. The van der Waals surface area contributed by atoms with E-state index in [-0.39, 0.29) is 24.9 Å². The molecule has 1 N–H and O–H groups in total. The third kappa shape index (κ3) is 3.86. The fourth-order valence-electron chi connectivity index (χ4n) is 2.91. The van der Waals surface area contributed by atoms with Crippen molar-refractivity contribution in [2.45, 2.75) is 18.7 Å². The molecule has 0 radical (unpaired) electrons. The molecule has 26 heavy (non-hydrogen) atoms. The van der Waals surface area contributed by atoms with Gasteiger partial charge in [0.15, 0.2) is 6.10 Å². The minimum atomic E-state index is -0.898. The van der Waals surface area contributed by atoms with E-state index in [0.29, 0.717) is 10.6 Å². The van der Waals surface area contributed by atoms with E-state index in [9.17, 15) is 14.0 Å². The zero-order valence-corrected chi connectivity index (χ0v) is 14.9. The summed E-state index contributed by atoms with van der Waals surface area (Å²) in [5, 5.41) is 3.24. The van der Waals surface area contributed by atoms with Gasteiger partial charge < -0.3 is 15.0 Å². The van der Waals surface area contributed by atoms with Crippen LogP contribution < -0.4 is 5.32 Å². The highest BCUT2D eigenvalue weighted by atomic mass is 35.5. The predicted molar refractivity (Wildman–Crippen MR) is 94.9 cm³/mol. The van der Waals surface area contributed by atoms with Crippen LogP contribution in [-0.4, -0.2) is 36.5 Å². The van der Waals surface area contributed by atoms with E-state index >= 15 is 0 Å². The summed E-state index contributed by atoms with van der Waals surface area (Å²) in [6.07, 6.45) is -0.898. The minimum absolute atomic E-state index is 0.0381. The number of nitrogens with zero attached hydrogens (tertiary/aromatic N) is 1. The van der Waals surface area contributed by atoms with E-state index in [1.807, 2.05) is 0 Å². The minimum Gasteiger partial charge on any atom is -0.356 e. The van der Waals surface area contributed by atoms with Gasteiger partial charge in [0.25, 0.3) is 5.91 Å². The van der Waals surface area contributed by atoms with Crippen molar-refractivity contribution in [3.63, 3.8) is 0 Å². The molecule has 1 saturated heterocycles. The van der Waals surface area contributed by atoms with E-state index in [2.05, 4.69) is 5.32 Å². The molecule has 2 aromatic rings. The fourth-order valence-corrected chi connectivity index (χ4v) is 3.04. The summed E-state index contributed by atoms with van der Waals surface area (Å²) in [5.74, 6) is -1.02. The van der Waals surface area contributed by atoms with Crippen LogP contribution in [0.2, 0.25) is 5.02 Å². The highest BCUT2D eigenvalue weighted by molar-refractivity contribution is 6.30. The molecule has 1 heterocycles. The quantitative estimate of drug-likeness (QED) is 0.892. The lowest BCUT2D eigenvalue weighted by Gasteiger charge is -2.38. The van der Waals surface area contributed by atoms with Crippen LogP contribution >= 0.6 is 11.6 Å². The zero-order valence-electron chi connectivity index (χ0n) is 14.1. The van der Waals surface area contributed by atoms with Gasteiger partial charge in [0, 0.05) is 24.2 Å². The fraction of sp³-hybridized carbons (Fsp3) is 0.263. The number of carbonyl (C=O) groups is 2. The Morgan fingerprint density at radius 2 is 1.96 bits per heavy atom. The molecule has 2 amide bonds. The lowest BCUT2D eigenvalue weighted by atomic mass is 9.97. The molecule has 1 aliphatic heterocycles. The molecule has 1 fully saturated rings. The number of hydrogen-bond acceptors (Lipinski definition) is 3. The number of nitrogens with one attached hydrogen (secondary N) is 1. The van der Waals surface area contributed by atoms with Crippen molar-refractivity contribution in [1.82, 2.24) is 10.2 Å². The second-order valence-electron chi connectivity index (χ2n) is 6.04. The maximum Gasteiger partial charge on any atom is 0.251 e. The summed E-state index contributed by atoms with van der Waals surface area (Å²) in [6, 6.07) is 12.5. The molecule has 0 bridgehead atoms. The predicted octanol–water partition coefficient (Wildman–Crippen LogP) is 2.69. The first kappa shape index (κ1) is 18.4. The molecule has 5 nitrogen and oxygen atoms in total. The van der Waals surface area contributed by atoms with Crippen molar-refractivity contribution in [1.29, 1.82) is 0 Å². The summed E-state index contributed by atoms with van der Waals surface area (Å²) < 4.78 is 19.2. The van der Waals surface area contributed by atoms with Gasteiger partial charge in [-0.2, -0.15) is 0 Å². The Bertz CT molecular complexity index is 813. The van der Waals surface area contributed by atoms with Crippen molar-refractivity contribution < 1.29 is 18.7 Å². The molecule has 3 rings (SSSR count). The first-order chi connectivity index (χ1) is 12.5. The molecular formula is C19H18ClFN2O3. The van der Waals surface area contributed by atoms with Gasteiger partial charge in [-0.3, -0.25) is 9.59 Å². The van der Waals surface area contributed by atoms with Gasteiger partial charge >= 0.3 is 0 Å². The Balaban J connectivity index is 1.79. The van der Waals surface area contributed by atoms with Crippen LogP contribution in [0.15, 0.2) is 48.5 Å². The third-order valence-corrected chi connectivity index (χ3v) is 4.62. The topological polar surface area (TPSA) is 58.6 Å². The SMILES string of the molecule is CN1C(=O)CO[C@H](C(=O)NCc2ccccc2F)[C@H]1c1ccc(Cl)cc1.